The van der Waals surface area contributed by atoms with Crippen molar-refractivity contribution in [1.82, 2.24) is 5.32 Å². The third-order valence-electron chi connectivity index (χ3n) is 4.75. The van der Waals surface area contributed by atoms with E-state index in [0.717, 1.165) is 24.8 Å². The van der Waals surface area contributed by atoms with Crippen LogP contribution in [0.2, 0.25) is 5.02 Å². The first kappa shape index (κ1) is 19.5. The molecule has 1 amide bonds. The maximum absolute atomic E-state index is 12.9. The number of amides is 1. The van der Waals surface area contributed by atoms with Gasteiger partial charge in [-0.25, -0.2) is 4.99 Å². The lowest BCUT2D eigenvalue weighted by atomic mass is 10.1. The molecule has 29 heavy (non-hydrogen) atoms. The quantitative estimate of drug-likeness (QED) is 0.680. The normalized spacial score (nSPS) is 16.9. The van der Waals surface area contributed by atoms with Crippen LogP contribution in [0.15, 0.2) is 57.9 Å². The molecule has 2 heterocycles. The molecule has 4 rings (SSSR count). The van der Waals surface area contributed by atoms with Gasteiger partial charge in [-0.3, -0.25) is 4.79 Å². The third-order valence-corrected chi connectivity index (χ3v) is 4.99. The van der Waals surface area contributed by atoms with E-state index in [2.05, 4.69) is 10.3 Å². The van der Waals surface area contributed by atoms with Crippen LogP contribution in [-0.4, -0.2) is 32.3 Å². The van der Waals surface area contributed by atoms with E-state index in [0.29, 0.717) is 34.2 Å². The van der Waals surface area contributed by atoms with Crippen LogP contribution >= 0.6 is 11.6 Å². The van der Waals surface area contributed by atoms with Crippen molar-refractivity contribution < 1.29 is 18.7 Å². The number of hydrogen-bond acceptors (Lipinski definition) is 5. The molecular weight excluding hydrogens is 392 g/mol. The first-order chi connectivity index (χ1) is 14.1. The predicted octanol–water partition coefficient (Wildman–Crippen LogP) is 4.24. The Bertz CT molecular complexity index is 1100. The number of methoxy groups -OCH3 is 1. The zero-order chi connectivity index (χ0) is 20.2. The summed E-state index contributed by atoms with van der Waals surface area (Å²) in [4.78, 5) is 17.5. The number of ether oxygens (including phenoxy) is 2. The molecule has 2 aromatic carbocycles. The third kappa shape index (κ3) is 4.60. The lowest BCUT2D eigenvalue weighted by Gasteiger charge is -2.11. The summed E-state index contributed by atoms with van der Waals surface area (Å²) >= 11 is 6.10. The van der Waals surface area contributed by atoms with Crippen LogP contribution in [0.3, 0.4) is 0 Å². The van der Waals surface area contributed by atoms with E-state index >= 15 is 0 Å². The number of rotatable bonds is 5. The van der Waals surface area contributed by atoms with Crippen molar-refractivity contribution in [3.63, 3.8) is 0 Å². The molecule has 1 atom stereocenters. The van der Waals surface area contributed by atoms with Crippen LogP contribution in [0.25, 0.3) is 11.0 Å². The molecule has 1 aliphatic heterocycles. The van der Waals surface area contributed by atoms with Gasteiger partial charge in [0.2, 0.25) is 5.55 Å². The minimum absolute atomic E-state index is 0.0459. The van der Waals surface area contributed by atoms with Crippen molar-refractivity contribution >= 4 is 34.2 Å². The second-order valence-electron chi connectivity index (χ2n) is 6.81. The predicted molar refractivity (Wildman–Crippen MR) is 111 cm³/mol. The number of benzene rings is 2. The van der Waals surface area contributed by atoms with Gasteiger partial charge in [0.05, 0.1) is 18.9 Å². The molecule has 7 heteroatoms. The number of nitrogens with zero attached hydrogens (tertiary/aromatic N) is 1. The average Bonchev–Trinajstić information content (AvgIpc) is 3.25. The summed E-state index contributed by atoms with van der Waals surface area (Å²) in [5, 5.41) is 4.22. The van der Waals surface area contributed by atoms with Gasteiger partial charge in [0.15, 0.2) is 0 Å². The molecule has 0 saturated carbocycles. The Morgan fingerprint density at radius 1 is 1.28 bits per heavy atom. The highest BCUT2D eigenvalue weighted by Crippen LogP contribution is 2.21. The summed E-state index contributed by atoms with van der Waals surface area (Å²) in [6.07, 6.45) is 2.00. The Hall–Kier alpha value is -2.83. The number of carbonyl (C=O) groups is 1. The molecule has 0 bridgehead atoms. The van der Waals surface area contributed by atoms with E-state index in [1.165, 1.54) is 0 Å². The van der Waals surface area contributed by atoms with Crippen molar-refractivity contribution in [2.45, 2.75) is 18.9 Å². The Morgan fingerprint density at radius 3 is 2.97 bits per heavy atom. The molecule has 0 radical (unpaired) electrons. The van der Waals surface area contributed by atoms with E-state index < -0.39 is 0 Å². The summed E-state index contributed by atoms with van der Waals surface area (Å²) in [6, 6.07) is 14.2. The highest BCUT2D eigenvalue weighted by Gasteiger charge is 2.18. The largest absolute Gasteiger partial charge is 0.497 e. The lowest BCUT2D eigenvalue weighted by Crippen LogP contribution is -2.34. The Kier molecular flexibility index (Phi) is 5.83. The summed E-state index contributed by atoms with van der Waals surface area (Å²) in [5.74, 6) is 0.399. The van der Waals surface area contributed by atoms with Crippen molar-refractivity contribution in [2.24, 2.45) is 4.99 Å². The maximum Gasteiger partial charge on any atom is 0.256 e. The van der Waals surface area contributed by atoms with Gasteiger partial charge in [0.25, 0.3) is 5.91 Å². The van der Waals surface area contributed by atoms with Gasteiger partial charge < -0.3 is 19.2 Å². The first-order valence-electron chi connectivity index (χ1n) is 9.44. The van der Waals surface area contributed by atoms with Crippen LogP contribution in [-0.2, 0) is 4.74 Å². The molecule has 0 unspecified atom stereocenters. The van der Waals surface area contributed by atoms with Crippen LogP contribution in [0.4, 0.5) is 5.69 Å². The van der Waals surface area contributed by atoms with Gasteiger partial charge in [-0.05, 0) is 49.2 Å². The van der Waals surface area contributed by atoms with Crippen LogP contribution in [0.5, 0.6) is 5.75 Å². The number of nitrogens with one attached hydrogen (secondary N) is 1. The Labute approximate surface area is 173 Å². The van der Waals surface area contributed by atoms with Crippen LogP contribution in [0, 0.1) is 0 Å². The Morgan fingerprint density at radius 2 is 2.17 bits per heavy atom. The summed E-state index contributed by atoms with van der Waals surface area (Å²) in [7, 11) is 1.59. The molecule has 1 fully saturated rings. The van der Waals surface area contributed by atoms with Crippen molar-refractivity contribution in [3.8, 4) is 5.75 Å². The highest BCUT2D eigenvalue weighted by molar-refractivity contribution is 6.31. The zero-order valence-electron chi connectivity index (χ0n) is 16.0. The molecule has 1 N–H and O–H groups in total. The standard InChI is InChI=1S/C22H21ClN2O4/c1-27-17-5-2-4-16(12-17)25-22-19(21(26)24-13-18-6-3-9-28-18)11-14-10-15(23)7-8-20(14)29-22/h2,4-5,7-8,10-12,18H,3,6,9,13H2,1H3,(H,24,26)/t18-/m1/s1. The SMILES string of the molecule is COc1cccc(N=c2oc3ccc(Cl)cc3cc2C(=O)NC[C@H]2CCCO2)c1. The number of hydrogen-bond donors (Lipinski definition) is 1. The molecule has 1 aliphatic rings. The molecule has 6 nitrogen and oxygen atoms in total. The number of halogens is 1. The molecule has 0 aliphatic carbocycles. The fourth-order valence-electron chi connectivity index (χ4n) is 3.25. The first-order valence-corrected chi connectivity index (χ1v) is 9.82. The highest BCUT2D eigenvalue weighted by atomic mass is 35.5. The Balaban J connectivity index is 1.75. The van der Waals surface area contributed by atoms with E-state index in [9.17, 15) is 4.79 Å². The van der Waals surface area contributed by atoms with Crippen molar-refractivity contribution in [1.29, 1.82) is 0 Å². The minimum atomic E-state index is -0.271. The number of carbonyl (C=O) groups excluding carboxylic acids is 1. The second-order valence-corrected chi connectivity index (χ2v) is 7.24. The van der Waals surface area contributed by atoms with Gasteiger partial charge in [0, 0.05) is 29.6 Å². The molecular formula is C22H21ClN2O4. The van der Waals surface area contributed by atoms with Gasteiger partial charge >= 0.3 is 0 Å². The van der Waals surface area contributed by atoms with E-state index in [1.807, 2.05) is 18.2 Å². The summed E-state index contributed by atoms with van der Waals surface area (Å²) < 4.78 is 16.8. The van der Waals surface area contributed by atoms with Gasteiger partial charge in [-0.1, -0.05) is 17.7 Å². The van der Waals surface area contributed by atoms with E-state index in [-0.39, 0.29) is 17.6 Å². The molecule has 1 saturated heterocycles. The van der Waals surface area contributed by atoms with Crippen LogP contribution < -0.4 is 15.6 Å². The molecule has 3 aromatic rings. The van der Waals surface area contributed by atoms with E-state index in [1.54, 1.807) is 37.4 Å². The minimum Gasteiger partial charge on any atom is -0.497 e. The topological polar surface area (TPSA) is 73.1 Å². The lowest BCUT2D eigenvalue weighted by molar-refractivity contribution is 0.0854. The maximum atomic E-state index is 12.9. The van der Waals surface area contributed by atoms with E-state index in [4.69, 9.17) is 25.5 Å². The fourth-order valence-corrected chi connectivity index (χ4v) is 3.43. The average molecular weight is 413 g/mol. The molecule has 0 spiro atoms. The van der Waals surface area contributed by atoms with Gasteiger partial charge in [-0.15, -0.1) is 0 Å². The smallest absolute Gasteiger partial charge is 0.256 e. The monoisotopic (exact) mass is 412 g/mol. The fraction of sp³-hybridized carbons (Fsp3) is 0.273. The van der Waals surface area contributed by atoms with Gasteiger partial charge in [0.1, 0.15) is 16.9 Å². The molecule has 1 aromatic heterocycles. The van der Waals surface area contributed by atoms with Crippen LogP contribution in [0.1, 0.15) is 23.2 Å². The number of fused-ring (bicyclic) bond motifs is 1. The van der Waals surface area contributed by atoms with Gasteiger partial charge in [-0.2, -0.15) is 0 Å². The van der Waals surface area contributed by atoms with Crippen molar-refractivity contribution in [2.75, 3.05) is 20.3 Å². The van der Waals surface area contributed by atoms with Crippen molar-refractivity contribution in [3.05, 3.63) is 64.7 Å². The summed E-state index contributed by atoms with van der Waals surface area (Å²) in [6.45, 7) is 1.19. The second kappa shape index (κ2) is 8.68. The summed E-state index contributed by atoms with van der Waals surface area (Å²) in [5.41, 5.74) is 1.76. The molecule has 150 valence electrons. The zero-order valence-corrected chi connectivity index (χ0v) is 16.7.